The van der Waals surface area contributed by atoms with Crippen LogP contribution in [0.4, 0.5) is 5.69 Å². The zero-order valence-electron chi connectivity index (χ0n) is 18.8. The number of allylic oxidation sites excluding steroid dienone is 1. The Kier molecular flexibility index (Phi) is 8.83. The third-order valence-corrected chi connectivity index (χ3v) is 4.92. The molecule has 2 aromatic carbocycles. The van der Waals surface area contributed by atoms with Gasteiger partial charge in [-0.2, -0.15) is 4.98 Å². The van der Waals surface area contributed by atoms with Crippen LogP contribution in [0.1, 0.15) is 25.3 Å². The smallest absolute Gasteiger partial charge is 0.336 e. The van der Waals surface area contributed by atoms with E-state index in [2.05, 4.69) is 41.0 Å². The van der Waals surface area contributed by atoms with E-state index in [-0.39, 0.29) is 0 Å². The highest BCUT2D eigenvalue weighted by molar-refractivity contribution is 5.60. The zero-order valence-corrected chi connectivity index (χ0v) is 18.8. The fourth-order valence-electron chi connectivity index (χ4n) is 3.13. The topological polar surface area (TPSA) is 81.4 Å². The van der Waals surface area contributed by atoms with Crippen molar-refractivity contribution < 1.29 is 14.6 Å². The van der Waals surface area contributed by atoms with Crippen LogP contribution in [0.3, 0.4) is 0 Å². The lowest BCUT2D eigenvalue weighted by molar-refractivity contribution is 0.106. The average molecular weight is 437 g/mol. The summed E-state index contributed by atoms with van der Waals surface area (Å²) in [5, 5.41) is 17.8. The number of aliphatic hydroxyl groups excluding tert-OH is 1. The van der Waals surface area contributed by atoms with Gasteiger partial charge in [0, 0.05) is 24.4 Å². The number of nitrogens with zero attached hydrogens (tertiary/aromatic N) is 3. The Labute approximate surface area is 189 Å². The molecular formula is C25H32N4O3. The lowest BCUT2D eigenvalue weighted by Gasteiger charge is -2.12. The third-order valence-electron chi connectivity index (χ3n) is 4.92. The molecule has 0 aliphatic heterocycles. The van der Waals surface area contributed by atoms with E-state index in [0.29, 0.717) is 44.6 Å². The highest BCUT2D eigenvalue weighted by atomic mass is 16.5. The average Bonchev–Trinajstić information content (AvgIpc) is 3.24. The van der Waals surface area contributed by atoms with Crippen LogP contribution in [-0.4, -0.2) is 52.3 Å². The van der Waals surface area contributed by atoms with Crippen molar-refractivity contribution in [2.24, 2.45) is 0 Å². The van der Waals surface area contributed by atoms with Crippen molar-refractivity contribution in [3.63, 3.8) is 0 Å². The molecule has 0 saturated carbocycles. The number of aliphatic hydroxyl groups is 1. The minimum absolute atomic E-state index is 0.313. The van der Waals surface area contributed by atoms with Gasteiger partial charge < -0.3 is 19.9 Å². The number of benzene rings is 2. The first-order valence-electron chi connectivity index (χ1n) is 11.0. The van der Waals surface area contributed by atoms with E-state index in [1.807, 2.05) is 49.4 Å². The number of aromatic nitrogens is 3. The molecule has 170 valence electrons. The summed E-state index contributed by atoms with van der Waals surface area (Å²) in [6, 6.07) is 16.3. The molecule has 0 radical (unpaired) electrons. The molecule has 0 amide bonds. The number of nitrogens with one attached hydrogen (secondary N) is 1. The van der Waals surface area contributed by atoms with Crippen LogP contribution in [0.25, 0.3) is 17.1 Å². The third kappa shape index (κ3) is 6.67. The van der Waals surface area contributed by atoms with Gasteiger partial charge in [-0.05, 0) is 51.0 Å². The van der Waals surface area contributed by atoms with Crippen LogP contribution in [-0.2, 0) is 4.74 Å². The summed E-state index contributed by atoms with van der Waals surface area (Å²) >= 11 is 0. The van der Waals surface area contributed by atoms with Gasteiger partial charge in [-0.25, -0.2) is 4.68 Å². The quantitative estimate of drug-likeness (QED) is 0.305. The molecule has 3 rings (SSSR count). The van der Waals surface area contributed by atoms with Crippen LogP contribution in [0.2, 0.25) is 0 Å². The number of hydrogen-bond donors (Lipinski definition) is 2. The molecule has 32 heavy (non-hydrogen) atoms. The normalized spacial score (nSPS) is 11.8. The Morgan fingerprint density at radius 1 is 1.12 bits per heavy atom. The Balaban J connectivity index is 1.77. The molecule has 3 aromatic rings. The molecule has 1 heterocycles. The second-order valence-electron chi connectivity index (χ2n) is 7.49. The van der Waals surface area contributed by atoms with E-state index in [9.17, 15) is 5.11 Å². The molecule has 1 aromatic heterocycles. The molecule has 0 aliphatic rings. The Morgan fingerprint density at radius 2 is 1.88 bits per heavy atom. The number of ether oxygens (including phenoxy) is 2. The summed E-state index contributed by atoms with van der Waals surface area (Å²) in [5.74, 6) is 0.706. The van der Waals surface area contributed by atoms with Crippen molar-refractivity contribution in [1.82, 2.24) is 14.8 Å². The molecule has 2 N–H and O–H groups in total. The fourth-order valence-corrected chi connectivity index (χ4v) is 3.13. The van der Waals surface area contributed by atoms with Gasteiger partial charge in [0.15, 0.2) is 5.82 Å². The molecule has 0 aliphatic carbocycles. The molecule has 7 heteroatoms. The van der Waals surface area contributed by atoms with Crippen LogP contribution in [0.5, 0.6) is 6.01 Å². The van der Waals surface area contributed by atoms with Crippen LogP contribution < -0.4 is 10.1 Å². The molecule has 0 unspecified atom stereocenters. The maximum Gasteiger partial charge on any atom is 0.336 e. The Bertz CT molecular complexity index is 968. The number of aryl methyl sites for hydroxylation is 1. The molecular weight excluding hydrogens is 404 g/mol. The minimum Gasteiger partial charge on any atom is -0.460 e. The predicted molar refractivity (Wildman–Crippen MR) is 127 cm³/mol. The summed E-state index contributed by atoms with van der Waals surface area (Å²) in [6.07, 6.45) is 2.90. The van der Waals surface area contributed by atoms with Gasteiger partial charge in [0.05, 0.1) is 18.4 Å². The van der Waals surface area contributed by atoms with Gasteiger partial charge in [-0.3, -0.25) is 0 Å². The van der Waals surface area contributed by atoms with Gasteiger partial charge in [-0.1, -0.05) is 35.9 Å². The molecule has 1 atom stereocenters. The van der Waals surface area contributed by atoms with E-state index in [1.165, 1.54) is 5.56 Å². The summed E-state index contributed by atoms with van der Waals surface area (Å²) in [4.78, 5) is 4.61. The Hall–Kier alpha value is -3.16. The number of rotatable bonds is 13. The molecule has 0 bridgehead atoms. The van der Waals surface area contributed by atoms with E-state index in [1.54, 1.807) is 4.68 Å². The highest BCUT2D eigenvalue weighted by Crippen LogP contribution is 2.25. The largest absolute Gasteiger partial charge is 0.460 e. The van der Waals surface area contributed by atoms with E-state index in [4.69, 9.17) is 9.47 Å². The van der Waals surface area contributed by atoms with Gasteiger partial charge in [0.2, 0.25) is 0 Å². The monoisotopic (exact) mass is 436 g/mol. The minimum atomic E-state index is -0.410. The first kappa shape index (κ1) is 23.5. The van der Waals surface area contributed by atoms with Crippen molar-refractivity contribution in [3.8, 4) is 23.1 Å². The first-order valence-corrected chi connectivity index (χ1v) is 11.0. The SMILES string of the molecule is C=CCC[C@H](O)CNc1ccc(-n2nc(OCCOCC)nc2-c2ccc(C)cc2)cc1. The van der Waals surface area contributed by atoms with Crippen molar-refractivity contribution in [2.45, 2.75) is 32.8 Å². The highest BCUT2D eigenvalue weighted by Gasteiger charge is 2.15. The van der Waals surface area contributed by atoms with Crippen LogP contribution >= 0.6 is 0 Å². The van der Waals surface area contributed by atoms with E-state index < -0.39 is 6.10 Å². The van der Waals surface area contributed by atoms with E-state index >= 15 is 0 Å². The maximum absolute atomic E-state index is 10.0. The summed E-state index contributed by atoms with van der Waals surface area (Å²) in [7, 11) is 0. The predicted octanol–water partition coefficient (Wildman–Crippen LogP) is 4.40. The van der Waals surface area contributed by atoms with Gasteiger partial charge in [0.25, 0.3) is 0 Å². The van der Waals surface area contributed by atoms with Gasteiger partial charge >= 0.3 is 6.01 Å². The van der Waals surface area contributed by atoms with Crippen LogP contribution in [0.15, 0.2) is 61.2 Å². The summed E-state index contributed by atoms with van der Waals surface area (Å²) in [6.45, 7) is 9.70. The zero-order chi connectivity index (χ0) is 22.8. The second kappa shape index (κ2) is 12.0. The fraction of sp³-hybridized carbons (Fsp3) is 0.360. The van der Waals surface area contributed by atoms with Crippen LogP contribution in [0, 0.1) is 6.92 Å². The molecule has 0 spiro atoms. The molecule has 0 saturated heterocycles. The lowest BCUT2D eigenvalue weighted by atomic mass is 10.1. The Morgan fingerprint density at radius 3 is 2.56 bits per heavy atom. The number of hydrogen-bond acceptors (Lipinski definition) is 6. The second-order valence-corrected chi connectivity index (χ2v) is 7.49. The van der Waals surface area contributed by atoms with Crippen molar-refractivity contribution in [1.29, 1.82) is 0 Å². The van der Waals surface area contributed by atoms with Crippen molar-refractivity contribution in [3.05, 3.63) is 66.7 Å². The maximum atomic E-state index is 10.0. The molecule has 7 nitrogen and oxygen atoms in total. The number of anilines is 1. The summed E-state index contributed by atoms with van der Waals surface area (Å²) < 4.78 is 12.8. The van der Waals surface area contributed by atoms with Crippen molar-refractivity contribution >= 4 is 5.69 Å². The standard InChI is InChI=1S/C25H32N4O3/c1-4-6-7-23(30)18-26-21-12-14-22(15-13-21)29-24(20-10-8-19(3)9-11-20)27-25(28-29)32-17-16-31-5-2/h4,8-15,23,26,30H,1,5-7,16-18H2,2-3H3/t23-/m0/s1. The lowest BCUT2D eigenvalue weighted by Crippen LogP contribution is -2.19. The summed E-state index contributed by atoms with van der Waals surface area (Å²) in [5.41, 5.74) is 3.93. The van der Waals surface area contributed by atoms with E-state index in [0.717, 1.165) is 23.4 Å². The van der Waals surface area contributed by atoms with Crippen molar-refractivity contribution in [2.75, 3.05) is 31.7 Å². The van der Waals surface area contributed by atoms with Gasteiger partial charge in [0.1, 0.15) is 6.61 Å². The van der Waals surface area contributed by atoms with Gasteiger partial charge in [-0.15, -0.1) is 11.7 Å². The molecule has 0 fully saturated rings. The first-order chi connectivity index (χ1) is 15.6.